The number of benzene rings is 4. The van der Waals surface area contributed by atoms with Gasteiger partial charge in [-0.15, -0.1) is 0 Å². The number of anilines is 2. The van der Waals surface area contributed by atoms with E-state index in [-0.39, 0.29) is 11.5 Å². The molecule has 0 aliphatic carbocycles. The first-order valence-electron chi connectivity index (χ1n) is 9.28. The van der Waals surface area contributed by atoms with Gasteiger partial charge in [-0.3, -0.25) is 9.69 Å². The molecular weight excluding hydrogens is 362 g/mol. The maximum atomic E-state index is 13.6. The maximum Gasteiger partial charge on any atom is 0.337 e. The molecule has 0 radical (unpaired) electrons. The lowest BCUT2D eigenvalue weighted by atomic mass is 10.0. The smallest absolute Gasteiger partial charge is 0.337 e. The second-order valence-electron chi connectivity index (χ2n) is 6.78. The number of aromatic carboxylic acids is 1. The van der Waals surface area contributed by atoms with Crippen molar-refractivity contribution in [3.8, 4) is 0 Å². The number of hydrogen-bond acceptors (Lipinski definition) is 2. The highest BCUT2D eigenvalue weighted by atomic mass is 16.4. The van der Waals surface area contributed by atoms with Gasteiger partial charge < -0.3 is 5.11 Å². The van der Waals surface area contributed by atoms with Crippen molar-refractivity contribution in [2.24, 2.45) is 0 Å². The summed E-state index contributed by atoms with van der Waals surface area (Å²) in [5.41, 5.74) is 2.47. The van der Waals surface area contributed by atoms with Crippen LogP contribution in [0.5, 0.6) is 0 Å². The van der Waals surface area contributed by atoms with Gasteiger partial charge in [-0.25, -0.2) is 4.79 Å². The van der Waals surface area contributed by atoms with E-state index in [9.17, 15) is 14.7 Å². The van der Waals surface area contributed by atoms with Gasteiger partial charge in [0.25, 0.3) is 5.91 Å². The molecule has 0 fully saturated rings. The number of nitrogens with zero attached hydrogens (tertiary/aromatic N) is 1. The fraction of sp³-hybridized carbons (Fsp3) is 0.0400. The number of rotatable bonds is 4. The highest BCUT2D eigenvalue weighted by Crippen LogP contribution is 2.38. The minimum atomic E-state index is -1.08. The number of fused-ring (bicyclic) bond motifs is 1. The molecular formula is C25H19NO3. The van der Waals surface area contributed by atoms with Crippen LogP contribution in [0.25, 0.3) is 10.8 Å². The number of carbonyl (C=O) groups excluding carboxylic acids is 1. The first-order valence-corrected chi connectivity index (χ1v) is 9.28. The summed E-state index contributed by atoms with van der Waals surface area (Å²) in [6.45, 7) is 1.91. The molecule has 4 nitrogen and oxygen atoms in total. The maximum absolute atomic E-state index is 13.6. The van der Waals surface area contributed by atoms with Crippen molar-refractivity contribution in [2.45, 2.75) is 6.92 Å². The molecule has 4 aromatic rings. The third-order valence-electron chi connectivity index (χ3n) is 4.93. The molecule has 0 aliphatic heterocycles. The topological polar surface area (TPSA) is 57.6 Å². The lowest BCUT2D eigenvalue weighted by Crippen LogP contribution is -2.28. The Morgan fingerprint density at radius 3 is 2.14 bits per heavy atom. The second-order valence-corrected chi connectivity index (χ2v) is 6.78. The van der Waals surface area contributed by atoms with Gasteiger partial charge in [0.2, 0.25) is 0 Å². The van der Waals surface area contributed by atoms with Crippen molar-refractivity contribution in [1.29, 1.82) is 0 Å². The van der Waals surface area contributed by atoms with E-state index < -0.39 is 5.97 Å². The summed E-state index contributed by atoms with van der Waals surface area (Å²) in [5.74, 6) is -1.36. The van der Waals surface area contributed by atoms with E-state index in [4.69, 9.17) is 0 Å². The molecule has 4 heteroatoms. The Labute approximate surface area is 168 Å². The Bertz CT molecular complexity index is 1220. The molecule has 0 bridgehead atoms. The molecule has 0 saturated carbocycles. The molecule has 0 atom stereocenters. The van der Waals surface area contributed by atoms with Crippen LogP contribution in [-0.4, -0.2) is 17.0 Å². The third kappa shape index (κ3) is 3.36. The van der Waals surface area contributed by atoms with Gasteiger partial charge in [0.05, 0.1) is 16.9 Å². The molecule has 4 rings (SSSR count). The summed E-state index contributed by atoms with van der Waals surface area (Å²) in [6.07, 6.45) is 0. The molecule has 0 aliphatic rings. The van der Waals surface area contributed by atoms with E-state index in [1.54, 1.807) is 36.4 Å². The molecule has 1 amide bonds. The fourth-order valence-electron chi connectivity index (χ4n) is 3.52. The van der Waals surface area contributed by atoms with Gasteiger partial charge in [-0.2, -0.15) is 0 Å². The van der Waals surface area contributed by atoms with Gasteiger partial charge in [0.15, 0.2) is 0 Å². The van der Waals surface area contributed by atoms with Gasteiger partial charge >= 0.3 is 5.97 Å². The molecule has 4 aromatic carbocycles. The zero-order chi connectivity index (χ0) is 20.4. The lowest BCUT2D eigenvalue weighted by molar-refractivity contribution is 0.0698. The van der Waals surface area contributed by atoms with Crippen LogP contribution in [0.3, 0.4) is 0 Å². The van der Waals surface area contributed by atoms with E-state index in [0.29, 0.717) is 22.3 Å². The number of carboxylic acid groups (broad SMARTS) is 1. The van der Waals surface area contributed by atoms with Crippen LogP contribution < -0.4 is 4.90 Å². The van der Waals surface area contributed by atoms with Crippen LogP contribution in [0.15, 0.2) is 91.0 Å². The Hall–Kier alpha value is -3.92. The normalized spacial score (nSPS) is 10.7. The number of carboxylic acids is 1. The average Bonchev–Trinajstić information content (AvgIpc) is 2.75. The predicted molar refractivity (Wildman–Crippen MR) is 115 cm³/mol. The van der Waals surface area contributed by atoms with Crippen LogP contribution in [0.2, 0.25) is 0 Å². The molecule has 0 unspecified atom stereocenters. The zero-order valence-electron chi connectivity index (χ0n) is 15.9. The van der Waals surface area contributed by atoms with Crippen molar-refractivity contribution in [3.05, 3.63) is 108 Å². The minimum absolute atomic E-state index is 0.0798. The predicted octanol–water partition coefficient (Wildman–Crippen LogP) is 5.82. The van der Waals surface area contributed by atoms with Gasteiger partial charge in [-0.1, -0.05) is 66.7 Å². The standard InChI is InChI=1S/C25H19NO3/c1-17-9-5-8-14-22(17)26(24(27)19-11-3-2-4-12-19)23-20-13-7-6-10-18(20)15-16-21(23)25(28)29/h2-16H,1H3,(H,28,29). The van der Waals surface area contributed by atoms with Crippen molar-refractivity contribution < 1.29 is 14.7 Å². The van der Waals surface area contributed by atoms with Crippen LogP contribution in [0.4, 0.5) is 11.4 Å². The van der Waals surface area contributed by atoms with Crippen molar-refractivity contribution in [3.63, 3.8) is 0 Å². The van der Waals surface area contributed by atoms with Crippen molar-refractivity contribution >= 4 is 34.0 Å². The van der Waals surface area contributed by atoms with Crippen molar-refractivity contribution in [1.82, 2.24) is 0 Å². The Morgan fingerprint density at radius 2 is 1.41 bits per heavy atom. The zero-order valence-corrected chi connectivity index (χ0v) is 15.9. The second kappa shape index (κ2) is 7.60. The molecule has 0 spiro atoms. The molecule has 0 saturated heterocycles. The van der Waals surface area contributed by atoms with E-state index in [1.165, 1.54) is 4.90 Å². The summed E-state index contributed by atoms with van der Waals surface area (Å²) in [5, 5.41) is 11.5. The number of hydrogen-bond donors (Lipinski definition) is 1. The lowest BCUT2D eigenvalue weighted by Gasteiger charge is -2.27. The van der Waals surface area contributed by atoms with Gasteiger partial charge in [0.1, 0.15) is 0 Å². The SMILES string of the molecule is Cc1ccccc1N(C(=O)c1ccccc1)c1c(C(=O)O)ccc2ccccc12. The van der Waals surface area contributed by atoms with E-state index in [0.717, 1.165) is 10.9 Å². The molecule has 1 N–H and O–H groups in total. The van der Waals surface area contributed by atoms with Crippen LogP contribution >= 0.6 is 0 Å². The van der Waals surface area contributed by atoms with Crippen LogP contribution in [-0.2, 0) is 0 Å². The average molecular weight is 381 g/mol. The minimum Gasteiger partial charge on any atom is -0.478 e. The summed E-state index contributed by atoms with van der Waals surface area (Å²) in [4.78, 5) is 27.3. The van der Waals surface area contributed by atoms with Crippen LogP contribution in [0.1, 0.15) is 26.3 Å². The van der Waals surface area contributed by atoms with Gasteiger partial charge in [0, 0.05) is 10.9 Å². The van der Waals surface area contributed by atoms with E-state index >= 15 is 0 Å². The quantitative estimate of drug-likeness (QED) is 0.484. The number of amides is 1. The first-order chi connectivity index (χ1) is 14.1. The number of para-hydroxylation sites is 1. The molecule has 0 heterocycles. The first kappa shape index (κ1) is 18.4. The summed E-state index contributed by atoms with van der Waals surface area (Å²) in [7, 11) is 0. The summed E-state index contributed by atoms with van der Waals surface area (Å²) in [6, 6.07) is 27.2. The largest absolute Gasteiger partial charge is 0.478 e. The number of carbonyl (C=O) groups is 2. The van der Waals surface area contributed by atoms with Crippen molar-refractivity contribution in [2.75, 3.05) is 4.90 Å². The Kier molecular flexibility index (Phi) is 4.83. The third-order valence-corrected chi connectivity index (χ3v) is 4.93. The number of aryl methyl sites for hydroxylation is 1. The van der Waals surface area contributed by atoms with E-state index in [2.05, 4.69) is 0 Å². The van der Waals surface area contributed by atoms with Crippen LogP contribution in [0, 0.1) is 6.92 Å². The van der Waals surface area contributed by atoms with Gasteiger partial charge in [-0.05, 0) is 42.1 Å². The molecule has 0 aromatic heterocycles. The Morgan fingerprint density at radius 1 is 0.759 bits per heavy atom. The fourth-order valence-corrected chi connectivity index (χ4v) is 3.52. The van der Waals surface area contributed by atoms with E-state index in [1.807, 2.05) is 61.5 Å². The molecule has 142 valence electrons. The monoisotopic (exact) mass is 381 g/mol. The highest BCUT2D eigenvalue weighted by molar-refractivity contribution is 6.19. The summed E-state index contributed by atoms with van der Waals surface area (Å²) >= 11 is 0. The molecule has 29 heavy (non-hydrogen) atoms. The Balaban J connectivity index is 2.07. The highest BCUT2D eigenvalue weighted by Gasteiger charge is 2.27. The summed E-state index contributed by atoms with van der Waals surface area (Å²) < 4.78 is 0.